The average molecular weight is 422 g/mol. The van der Waals surface area contributed by atoms with Crippen LogP contribution in [0.5, 0.6) is 0 Å². The number of amides is 1. The van der Waals surface area contributed by atoms with Gasteiger partial charge in [-0.3, -0.25) is 9.59 Å². The van der Waals surface area contributed by atoms with Gasteiger partial charge in [-0.2, -0.15) is 0 Å². The van der Waals surface area contributed by atoms with Crippen molar-refractivity contribution in [1.82, 2.24) is 4.98 Å². The van der Waals surface area contributed by atoms with Gasteiger partial charge in [-0.1, -0.05) is 36.4 Å². The molecular weight excluding hydrogens is 403 g/mol. The summed E-state index contributed by atoms with van der Waals surface area (Å²) in [4.78, 5) is 27.2. The summed E-state index contributed by atoms with van der Waals surface area (Å²) in [5, 5.41) is 5.03. The van der Waals surface area contributed by atoms with Gasteiger partial charge in [-0.05, 0) is 66.1 Å². The van der Waals surface area contributed by atoms with E-state index in [9.17, 15) is 14.0 Å². The number of aromatic nitrogens is 1. The number of H-pyrrole nitrogens is 1. The van der Waals surface area contributed by atoms with E-state index in [1.165, 1.54) is 24.3 Å². The van der Waals surface area contributed by atoms with Crippen LogP contribution in [0.15, 0.2) is 78.9 Å². The van der Waals surface area contributed by atoms with Crippen LogP contribution in [0.4, 0.5) is 10.1 Å². The summed E-state index contributed by atoms with van der Waals surface area (Å²) < 4.78 is 13.2. The molecule has 0 saturated heterocycles. The normalized spacial score (nSPS) is 11.1. The number of carbonyl (C=O) groups excluding carboxylic acids is 2. The van der Waals surface area contributed by atoms with Crippen LogP contribution in [-0.4, -0.2) is 17.2 Å². The Morgan fingerprint density at radius 3 is 2.44 bits per heavy atom. The summed E-state index contributed by atoms with van der Waals surface area (Å²) in [6, 6.07) is 22.9. The van der Waals surface area contributed by atoms with Crippen molar-refractivity contribution in [3.63, 3.8) is 0 Å². The molecule has 32 heavy (non-hydrogen) atoms. The summed E-state index contributed by atoms with van der Waals surface area (Å²) in [5.41, 5.74) is 6.52. The fraction of sp³-hybridized carbons (Fsp3) is 0.0370. The molecule has 1 aromatic heterocycles. The number of rotatable bonds is 4. The van der Waals surface area contributed by atoms with Crippen molar-refractivity contribution in [3.05, 3.63) is 101 Å². The van der Waals surface area contributed by atoms with Crippen molar-refractivity contribution in [1.29, 1.82) is 0 Å². The van der Waals surface area contributed by atoms with Gasteiger partial charge in [0.15, 0.2) is 0 Å². The third-order valence-electron chi connectivity index (χ3n) is 5.76. The van der Waals surface area contributed by atoms with Crippen molar-refractivity contribution in [2.45, 2.75) is 6.92 Å². The van der Waals surface area contributed by atoms with Gasteiger partial charge in [0.25, 0.3) is 5.91 Å². The lowest BCUT2D eigenvalue weighted by Gasteiger charge is -2.14. The standard InChI is InChI=1S/C27H19FN2O2/c1-16-20(4-2-6-23(16)30-27(32)18-9-11-19(28)12-10-18)21-5-3-7-24-26(21)22-13-8-17(15-31)14-25(22)29-24/h2-15,29H,1H3,(H,30,32). The highest BCUT2D eigenvalue weighted by molar-refractivity contribution is 6.15. The zero-order valence-corrected chi connectivity index (χ0v) is 17.3. The Morgan fingerprint density at radius 2 is 1.66 bits per heavy atom. The van der Waals surface area contributed by atoms with E-state index in [0.717, 1.165) is 44.8 Å². The molecule has 156 valence electrons. The molecule has 2 N–H and O–H groups in total. The second-order valence-electron chi connectivity index (χ2n) is 7.72. The van der Waals surface area contributed by atoms with Crippen LogP contribution in [0.1, 0.15) is 26.3 Å². The second-order valence-corrected chi connectivity index (χ2v) is 7.72. The molecule has 1 heterocycles. The van der Waals surface area contributed by atoms with Gasteiger partial charge in [0, 0.05) is 38.6 Å². The highest BCUT2D eigenvalue weighted by Gasteiger charge is 2.15. The molecular formula is C27H19FN2O2. The molecule has 0 spiro atoms. The summed E-state index contributed by atoms with van der Waals surface area (Å²) in [5.74, 6) is -0.677. The minimum absolute atomic E-state index is 0.294. The second kappa shape index (κ2) is 7.78. The van der Waals surface area contributed by atoms with Crippen LogP contribution in [0.2, 0.25) is 0 Å². The minimum Gasteiger partial charge on any atom is -0.354 e. The van der Waals surface area contributed by atoms with Crippen LogP contribution in [0, 0.1) is 12.7 Å². The first-order valence-corrected chi connectivity index (χ1v) is 10.2. The number of hydrogen-bond donors (Lipinski definition) is 2. The van der Waals surface area contributed by atoms with Crippen LogP contribution in [0.3, 0.4) is 0 Å². The number of aromatic amines is 1. The highest BCUT2D eigenvalue weighted by Crippen LogP contribution is 2.37. The van der Waals surface area contributed by atoms with E-state index in [2.05, 4.69) is 16.4 Å². The summed E-state index contributed by atoms with van der Waals surface area (Å²) in [7, 11) is 0. The van der Waals surface area contributed by atoms with E-state index < -0.39 is 0 Å². The number of benzene rings is 4. The van der Waals surface area contributed by atoms with Crippen molar-refractivity contribution in [3.8, 4) is 11.1 Å². The number of hydrogen-bond acceptors (Lipinski definition) is 2. The molecule has 1 amide bonds. The molecule has 0 radical (unpaired) electrons. The Bertz CT molecular complexity index is 1500. The maximum atomic E-state index is 13.2. The van der Waals surface area contributed by atoms with Gasteiger partial charge in [0.2, 0.25) is 0 Å². The number of carbonyl (C=O) groups is 2. The van der Waals surface area contributed by atoms with Gasteiger partial charge in [0.05, 0.1) is 0 Å². The Kier molecular flexibility index (Phi) is 4.79. The molecule has 0 fully saturated rings. The van der Waals surface area contributed by atoms with Crippen molar-refractivity contribution < 1.29 is 14.0 Å². The first-order chi connectivity index (χ1) is 15.5. The quantitative estimate of drug-likeness (QED) is 0.325. The van der Waals surface area contributed by atoms with E-state index in [4.69, 9.17) is 0 Å². The molecule has 0 aliphatic rings. The zero-order valence-electron chi connectivity index (χ0n) is 17.3. The average Bonchev–Trinajstić information content (AvgIpc) is 3.18. The number of fused-ring (bicyclic) bond motifs is 3. The molecule has 0 aliphatic heterocycles. The maximum absolute atomic E-state index is 13.2. The third kappa shape index (κ3) is 3.34. The lowest BCUT2D eigenvalue weighted by Crippen LogP contribution is -2.13. The minimum atomic E-state index is -0.383. The first kappa shape index (κ1) is 19.7. The number of aldehydes is 1. The molecule has 0 atom stereocenters. The van der Waals surface area contributed by atoms with E-state index in [-0.39, 0.29) is 11.7 Å². The summed E-state index contributed by atoms with van der Waals surface area (Å²) >= 11 is 0. The lowest BCUT2D eigenvalue weighted by atomic mass is 9.95. The molecule has 4 nitrogen and oxygen atoms in total. The van der Waals surface area contributed by atoms with Gasteiger partial charge in [-0.15, -0.1) is 0 Å². The number of nitrogens with one attached hydrogen (secondary N) is 2. The molecule has 0 unspecified atom stereocenters. The van der Waals surface area contributed by atoms with Crippen LogP contribution in [0.25, 0.3) is 32.9 Å². The van der Waals surface area contributed by atoms with Crippen molar-refractivity contribution >= 4 is 39.7 Å². The van der Waals surface area contributed by atoms with Crippen LogP contribution >= 0.6 is 0 Å². The molecule has 0 bridgehead atoms. The lowest BCUT2D eigenvalue weighted by molar-refractivity contribution is 0.102. The van der Waals surface area contributed by atoms with Crippen molar-refractivity contribution in [2.75, 3.05) is 5.32 Å². The topological polar surface area (TPSA) is 62.0 Å². The fourth-order valence-electron chi connectivity index (χ4n) is 4.13. The molecule has 4 aromatic carbocycles. The van der Waals surface area contributed by atoms with Crippen molar-refractivity contribution in [2.24, 2.45) is 0 Å². The Labute approximate surface area is 183 Å². The predicted molar refractivity (Wildman–Crippen MR) is 126 cm³/mol. The highest BCUT2D eigenvalue weighted by atomic mass is 19.1. The third-order valence-corrected chi connectivity index (χ3v) is 5.76. The van der Waals surface area contributed by atoms with E-state index in [1.54, 1.807) is 0 Å². The van der Waals surface area contributed by atoms with E-state index in [0.29, 0.717) is 16.8 Å². The monoisotopic (exact) mass is 422 g/mol. The smallest absolute Gasteiger partial charge is 0.255 e. The Hall–Kier alpha value is -4.25. The fourth-order valence-corrected chi connectivity index (χ4v) is 4.13. The first-order valence-electron chi connectivity index (χ1n) is 10.2. The zero-order chi connectivity index (χ0) is 22.2. The predicted octanol–water partition coefficient (Wildman–Crippen LogP) is 6.50. The molecule has 5 heteroatoms. The Balaban J connectivity index is 1.60. The Morgan fingerprint density at radius 1 is 0.906 bits per heavy atom. The van der Waals surface area contributed by atoms with Gasteiger partial charge in [-0.25, -0.2) is 4.39 Å². The van der Waals surface area contributed by atoms with E-state index >= 15 is 0 Å². The number of halogens is 1. The summed E-state index contributed by atoms with van der Waals surface area (Å²) in [6.07, 6.45) is 0.837. The van der Waals surface area contributed by atoms with Gasteiger partial charge >= 0.3 is 0 Å². The molecule has 5 rings (SSSR count). The molecule has 5 aromatic rings. The van der Waals surface area contributed by atoms with Gasteiger partial charge in [0.1, 0.15) is 12.1 Å². The van der Waals surface area contributed by atoms with Gasteiger partial charge < -0.3 is 10.3 Å². The van der Waals surface area contributed by atoms with E-state index in [1.807, 2.05) is 55.5 Å². The SMILES string of the molecule is Cc1c(NC(=O)c2ccc(F)cc2)cccc1-c1cccc2[nH]c3cc(C=O)ccc3c12. The molecule has 0 saturated carbocycles. The maximum Gasteiger partial charge on any atom is 0.255 e. The summed E-state index contributed by atoms with van der Waals surface area (Å²) in [6.45, 7) is 1.97. The number of anilines is 1. The van der Waals surface area contributed by atoms with Crippen LogP contribution in [-0.2, 0) is 0 Å². The largest absolute Gasteiger partial charge is 0.354 e. The molecule has 0 aliphatic carbocycles. The van der Waals surface area contributed by atoms with Crippen LogP contribution < -0.4 is 5.32 Å².